The third-order valence-corrected chi connectivity index (χ3v) is 5.19. The number of carboxylic acid groups (broad SMARTS) is 1. The Hall–Kier alpha value is -2.65. The molecule has 0 aliphatic carbocycles. The molecule has 0 spiro atoms. The Morgan fingerprint density at radius 1 is 1.28 bits per heavy atom. The van der Waals surface area contributed by atoms with Crippen LogP contribution in [0.2, 0.25) is 0 Å². The first-order valence-electron chi connectivity index (χ1n) is 7.24. The number of hydrogen-bond acceptors (Lipinski definition) is 6. The molecule has 0 aliphatic heterocycles. The summed E-state index contributed by atoms with van der Waals surface area (Å²) >= 11 is 2.77. The van der Waals surface area contributed by atoms with Crippen molar-refractivity contribution in [1.29, 1.82) is 0 Å². The number of aryl methyl sites for hydroxylation is 1. The van der Waals surface area contributed by atoms with E-state index in [9.17, 15) is 9.59 Å². The minimum absolute atomic E-state index is 0.156. The number of anilines is 1. The molecule has 0 saturated carbocycles. The zero-order valence-electron chi connectivity index (χ0n) is 13.4. The number of thiazole rings is 1. The minimum Gasteiger partial charge on any atom is -0.478 e. The molecule has 3 rings (SSSR count). The Morgan fingerprint density at radius 3 is 2.64 bits per heavy atom. The van der Waals surface area contributed by atoms with Crippen LogP contribution in [-0.2, 0) is 4.79 Å². The van der Waals surface area contributed by atoms with Gasteiger partial charge in [0.15, 0.2) is 5.13 Å². The molecule has 9 heteroatoms. The second-order valence-corrected chi connectivity index (χ2v) is 7.19. The minimum atomic E-state index is -0.950. The second-order valence-electron chi connectivity index (χ2n) is 5.17. The fourth-order valence-corrected chi connectivity index (χ4v) is 3.83. The maximum atomic E-state index is 11.1. The van der Waals surface area contributed by atoms with Crippen LogP contribution in [0.25, 0.3) is 10.4 Å². The van der Waals surface area contributed by atoms with Crippen molar-refractivity contribution in [3.05, 3.63) is 47.9 Å². The molecule has 128 valence electrons. The molecule has 0 unspecified atom stereocenters. The van der Waals surface area contributed by atoms with Crippen LogP contribution in [0.15, 0.2) is 41.6 Å². The van der Waals surface area contributed by atoms with Crippen molar-refractivity contribution in [2.24, 2.45) is 0 Å². The maximum absolute atomic E-state index is 11.1. The third kappa shape index (κ3) is 4.06. The molecule has 25 heavy (non-hydrogen) atoms. The number of aromatic nitrogens is 3. The zero-order valence-corrected chi connectivity index (χ0v) is 15.0. The Kier molecular flexibility index (Phi) is 4.86. The van der Waals surface area contributed by atoms with Gasteiger partial charge >= 0.3 is 5.97 Å². The average Bonchev–Trinajstić information content (AvgIpc) is 3.13. The fraction of sp³-hybridized carbons (Fsp3) is 0.125. The van der Waals surface area contributed by atoms with Crippen LogP contribution in [0.1, 0.15) is 23.0 Å². The van der Waals surface area contributed by atoms with Gasteiger partial charge in [-0.2, -0.15) is 5.10 Å². The predicted octanol–water partition coefficient (Wildman–Crippen LogP) is 3.53. The summed E-state index contributed by atoms with van der Waals surface area (Å²) in [7, 11) is 0. The number of carboxylic acids is 1. The summed E-state index contributed by atoms with van der Waals surface area (Å²) in [6.07, 6.45) is 3.60. The summed E-state index contributed by atoms with van der Waals surface area (Å²) in [5, 5.41) is 16.5. The van der Waals surface area contributed by atoms with Crippen molar-refractivity contribution in [2.75, 3.05) is 5.32 Å². The molecular formula is C16H14N4O3S2. The lowest BCUT2D eigenvalue weighted by Gasteiger charge is -2.01. The second kappa shape index (κ2) is 7.08. The van der Waals surface area contributed by atoms with Gasteiger partial charge in [-0.1, -0.05) is 11.3 Å². The lowest BCUT2D eigenvalue weighted by Crippen LogP contribution is -2.04. The first-order chi connectivity index (χ1) is 11.9. The van der Waals surface area contributed by atoms with Gasteiger partial charge in [0.25, 0.3) is 0 Å². The molecule has 1 amide bonds. The van der Waals surface area contributed by atoms with Gasteiger partial charge < -0.3 is 10.4 Å². The van der Waals surface area contributed by atoms with E-state index in [1.807, 2.05) is 13.1 Å². The van der Waals surface area contributed by atoms with E-state index in [1.165, 1.54) is 30.2 Å². The van der Waals surface area contributed by atoms with E-state index in [4.69, 9.17) is 5.11 Å². The van der Waals surface area contributed by atoms with Crippen LogP contribution < -0.4 is 5.32 Å². The van der Waals surface area contributed by atoms with Gasteiger partial charge in [-0.05, 0) is 31.2 Å². The topological polar surface area (TPSA) is 97.1 Å². The summed E-state index contributed by atoms with van der Waals surface area (Å²) in [5.74, 6) is -1.11. The first-order valence-corrected chi connectivity index (χ1v) is 8.83. The van der Waals surface area contributed by atoms with Gasteiger partial charge in [0.05, 0.1) is 22.3 Å². The van der Waals surface area contributed by atoms with E-state index in [1.54, 1.807) is 34.5 Å². The summed E-state index contributed by atoms with van der Waals surface area (Å²) in [4.78, 5) is 28.2. The van der Waals surface area contributed by atoms with Gasteiger partial charge in [-0.3, -0.25) is 4.79 Å². The van der Waals surface area contributed by atoms with E-state index >= 15 is 0 Å². The van der Waals surface area contributed by atoms with Crippen molar-refractivity contribution in [3.8, 4) is 10.4 Å². The Morgan fingerprint density at radius 2 is 2.00 bits per heavy atom. The van der Waals surface area contributed by atoms with Crippen molar-refractivity contribution >= 4 is 40.3 Å². The number of carbonyl (C=O) groups excluding carboxylic acids is 1. The SMILES string of the molecule is CC(=O)Nc1nc(C)c(-c2cnn(Sc3ccc(C(=O)O)cc3)c2)s1. The highest BCUT2D eigenvalue weighted by atomic mass is 32.2. The summed E-state index contributed by atoms with van der Waals surface area (Å²) in [6.45, 7) is 3.33. The lowest BCUT2D eigenvalue weighted by atomic mass is 10.2. The van der Waals surface area contributed by atoms with Crippen molar-refractivity contribution in [1.82, 2.24) is 14.2 Å². The molecular weight excluding hydrogens is 360 g/mol. The number of hydrogen-bond donors (Lipinski definition) is 2. The van der Waals surface area contributed by atoms with Gasteiger partial charge in [-0.15, -0.1) is 0 Å². The van der Waals surface area contributed by atoms with Gasteiger partial charge in [-0.25, -0.2) is 13.9 Å². The molecule has 0 radical (unpaired) electrons. The van der Waals surface area contributed by atoms with Crippen LogP contribution in [0, 0.1) is 6.92 Å². The zero-order chi connectivity index (χ0) is 18.0. The van der Waals surface area contributed by atoms with Crippen molar-refractivity contribution in [3.63, 3.8) is 0 Å². The average molecular weight is 374 g/mol. The molecule has 0 atom stereocenters. The number of rotatable bonds is 5. The van der Waals surface area contributed by atoms with E-state index in [-0.39, 0.29) is 11.5 Å². The highest BCUT2D eigenvalue weighted by molar-refractivity contribution is 7.97. The molecule has 7 nitrogen and oxygen atoms in total. The van der Waals surface area contributed by atoms with Crippen LogP contribution in [-0.4, -0.2) is 31.2 Å². The van der Waals surface area contributed by atoms with Crippen LogP contribution in [0.3, 0.4) is 0 Å². The van der Waals surface area contributed by atoms with Crippen LogP contribution >= 0.6 is 23.3 Å². The first kappa shape index (κ1) is 17.2. The third-order valence-electron chi connectivity index (χ3n) is 3.20. The van der Waals surface area contributed by atoms with Gasteiger partial charge in [0.1, 0.15) is 0 Å². The van der Waals surface area contributed by atoms with Crippen LogP contribution in [0.5, 0.6) is 0 Å². The van der Waals surface area contributed by atoms with Crippen molar-refractivity contribution in [2.45, 2.75) is 18.7 Å². The maximum Gasteiger partial charge on any atom is 0.335 e. The highest BCUT2D eigenvalue weighted by Crippen LogP contribution is 2.33. The van der Waals surface area contributed by atoms with Crippen molar-refractivity contribution < 1.29 is 14.7 Å². The van der Waals surface area contributed by atoms with Gasteiger partial charge in [0.2, 0.25) is 5.91 Å². The van der Waals surface area contributed by atoms with Gasteiger partial charge in [0, 0.05) is 35.5 Å². The number of nitrogens with zero attached hydrogens (tertiary/aromatic N) is 3. The number of benzene rings is 1. The number of aromatic carboxylic acids is 1. The largest absolute Gasteiger partial charge is 0.478 e. The van der Waals surface area contributed by atoms with E-state index in [0.717, 1.165) is 21.0 Å². The summed E-state index contributed by atoms with van der Waals surface area (Å²) in [5.41, 5.74) is 1.97. The smallest absolute Gasteiger partial charge is 0.335 e. The lowest BCUT2D eigenvalue weighted by molar-refractivity contribution is -0.114. The molecule has 0 saturated heterocycles. The molecule has 1 aromatic carbocycles. The quantitative estimate of drug-likeness (QED) is 0.709. The monoisotopic (exact) mass is 374 g/mol. The highest BCUT2D eigenvalue weighted by Gasteiger charge is 2.13. The normalized spacial score (nSPS) is 10.6. The number of amides is 1. The fourth-order valence-electron chi connectivity index (χ4n) is 2.11. The summed E-state index contributed by atoms with van der Waals surface area (Å²) in [6, 6.07) is 6.59. The summed E-state index contributed by atoms with van der Waals surface area (Å²) < 4.78 is 1.70. The molecule has 0 fully saturated rings. The Balaban J connectivity index is 1.77. The molecule has 2 N–H and O–H groups in total. The van der Waals surface area contributed by atoms with E-state index in [0.29, 0.717) is 5.13 Å². The van der Waals surface area contributed by atoms with E-state index < -0.39 is 5.97 Å². The molecule has 3 aromatic rings. The Labute approximate surface area is 151 Å². The number of carbonyl (C=O) groups is 2. The predicted molar refractivity (Wildman–Crippen MR) is 97.0 cm³/mol. The molecule has 2 heterocycles. The molecule has 0 aliphatic rings. The standard InChI is InChI=1S/C16H14N4O3S2/c1-9-14(24-16(18-9)19-10(2)21)12-7-17-20(8-12)25-13-5-3-11(4-6-13)15(22)23/h3-8H,1-2H3,(H,22,23)(H,18,19,21). The molecule has 0 bridgehead atoms. The Bertz CT molecular complexity index is 931. The molecule has 2 aromatic heterocycles. The van der Waals surface area contributed by atoms with E-state index in [2.05, 4.69) is 15.4 Å². The number of nitrogens with one attached hydrogen (secondary N) is 1. The van der Waals surface area contributed by atoms with Crippen LogP contribution in [0.4, 0.5) is 5.13 Å².